The summed E-state index contributed by atoms with van der Waals surface area (Å²) in [4.78, 5) is 2.63. The Hall–Kier alpha value is -3.32. The predicted molar refractivity (Wildman–Crippen MR) is 139 cm³/mol. The molecule has 2 aliphatic rings. The molecular weight excluding hydrogens is 398 g/mol. The summed E-state index contributed by atoms with van der Waals surface area (Å²) < 4.78 is 0. The Labute approximate surface area is 197 Å². The summed E-state index contributed by atoms with van der Waals surface area (Å²) >= 11 is 0. The van der Waals surface area contributed by atoms with Crippen LogP contribution in [0.15, 0.2) is 103 Å². The molecule has 0 aromatic heterocycles. The van der Waals surface area contributed by atoms with Gasteiger partial charge < -0.3 is 4.90 Å². The Balaban J connectivity index is 1.37. The largest absolute Gasteiger partial charge is 0.338 e. The van der Waals surface area contributed by atoms with Gasteiger partial charge in [-0.25, -0.2) is 0 Å². The first-order valence-corrected chi connectivity index (χ1v) is 12.4. The number of nitrogens with zero attached hydrogens (tertiary/aromatic N) is 1. The highest BCUT2D eigenvalue weighted by atomic mass is 15.2. The van der Waals surface area contributed by atoms with E-state index in [0.717, 1.165) is 6.42 Å². The number of aryl methyl sites for hydroxylation is 1. The van der Waals surface area contributed by atoms with Crippen molar-refractivity contribution in [2.75, 3.05) is 4.90 Å². The van der Waals surface area contributed by atoms with Crippen LogP contribution in [0.1, 0.15) is 58.9 Å². The molecule has 33 heavy (non-hydrogen) atoms. The van der Waals surface area contributed by atoms with Crippen LogP contribution in [-0.4, -0.2) is 6.04 Å². The Bertz CT molecular complexity index is 1190. The number of hydrogen-bond acceptors (Lipinski definition) is 1. The lowest BCUT2D eigenvalue weighted by Crippen LogP contribution is -2.26. The molecule has 1 nitrogen and oxygen atoms in total. The zero-order valence-electron chi connectivity index (χ0n) is 19.3. The molecule has 1 saturated carbocycles. The van der Waals surface area contributed by atoms with Crippen LogP contribution in [-0.2, 0) is 6.42 Å². The standard InChI is InChI=1S/C32H31N/c1-23-15-18-27(19-16-23)33-31-14-8-13-28(31)30-22-24(17-20-32(30)33)21-29(25-9-4-2-5-10-25)26-11-6-3-7-12-26/h2-7,9-12,15-20,22,28-29,31H,8,13-14,21H2,1H3. The van der Waals surface area contributed by atoms with Gasteiger partial charge in [0, 0.05) is 29.3 Å². The lowest BCUT2D eigenvalue weighted by atomic mass is 9.85. The van der Waals surface area contributed by atoms with Gasteiger partial charge in [0.15, 0.2) is 0 Å². The summed E-state index contributed by atoms with van der Waals surface area (Å²) in [6.07, 6.45) is 4.96. The van der Waals surface area contributed by atoms with Crippen molar-refractivity contribution >= 4 is 11.4 Å². The number of rotatable bonds is 5. The molecule has 0 N–H and O–H groups in total. The van der Waals surface area contributed by atoms with E-state index >= 15 is 0 Å². The van der Waals surface area contributed by atoms with E-state index in [1.165, 1.54) is 52.9 Å². The summed E-state index contributed by atoms with van der Waals surface area (Å²) in [7, 11) is 0. The molecule has 0 saturated heterocycles. The van der Waals surface area contributed by atoms with Crippen LogP contribution in [0.3, 0.4) is 0 Å². The van der Waals surface area contributed by atoms with Crippen molar-refractivity contribution in [2.45, 2.75) is 50.5 Å². The average molecular weight is 430 g/mol. The highest BCUT2D eigenvalue weighted by Crippen LogP contribution is 2.52. The minimum absolute atomic E-state index is 0.374. The van der Waals surface area contributed by atoms with E-state index in [-0.39, 0.29) is 0 Å². The zero-order chi connectivity index (χ0) is 22.2. The van der Waals surface area contributed by atoms with Crippen molar-refractivity contribution in [3.05, 3.63) is 131 Å². The van der Waals surface area contributed by atoms with Gasteiger partial charge in [0.2, 0.25) is 0 Å². The smallest absolute Gasteiger partial charge is 0.0449 e. The van der Waals surface area contributed by atoms with Crippen LogP contribution in [0.5, 0.6) is 0 Å². The molecule has 0 spiro atoms. The second-order valence-electron chi connectivity index (χ2n) is 9.78. The van der Waals surface area contributed by atoms with Gasteiger partial charge in [0.05, 0.1) is 0 Å². The predicted octanol–water partition coefficient (Wildman–Crippen LogP) is 8.16. The van der Waals surface area contributed by atoms with Gasteiger partial charge in [-0.1, -0.05) is 96.9 Å². The molecule has 1 heterocycles. The van der Waals surface area contributed by atoms with Gasteiger partial charge in [-0.15, -0.1) is 0 Å². The third kappa shape index (κ3) is 3.76. The van der Waals surface area contributed by atoms with Crippen LogP contribution in [0.4, 0.5) is 11.4 Å². The second kappa shape index (κ2) is 8.56. The molecule has 1 heteroatoms. The normalized spacial score (nSPS) is 19.0. The Morgan fingerprint density at radius 1 is 0.758 bits per heavy atom. The summed E-state index contributed by atoms with van der Waals surface area (Å²) in [5, 5.41) is 0. The first kappa shape index (κ1) is 20.3. The topological polar surface area (TPSA) is 3.24 Å². The minimum atomic E-state index is 0.374. The fourth-order valence-electron chi connectivity index (χ4n) is 6.11. The summed E-state index contributed by atoms with van der Waals surface area (Å²) in [6.45, 7) is 2.17. The van der Waals surface area contributed by atoms with Gasteiger partial charge >= 0.3 is 0 Å². The Kier molecular flexibility index (Phi) is 5.26. The molecule has 1 aliphatic carbocycles. The van der Waals surface area contributed by atoms with E-state index in [0.29, 0.717) is 17.9 Å². The van der Waals surface area contributed by atoms with Gasteiger partial charge in [-0.05, 0) is 66.6 Å². The van der Waals surface area contributed by atoms with Crippen LogP contribution in [0.25, 0.3) is 0 Å². The number of anilines is 2. The highest BCUT2D eigenvalue weighted by molar-refractivity contribution is 5.73. The van der Waals surface area contributed by atoms with Crippen molar-refractivity contribution < 1.29 is 0 Å². The third-order valence-electron chi connectivity index (χ3n) is 7.72. The molecular formula is C32H31N. The van der Waals surface area contributed by atoms with E-state index < -0.39 is 0 Å². The molecule has 164 valence electrons. The monoisotopic (exact) mass is 429 g/mol. The van der Waals surface area contributed by atoms with Gasteiger partial charge in [0.1, 0.15) is 0 Å². The number of benzene rings is 4. The third-order valence-corrected chi connectivity index (χ3v) is 7.72. The van der Waals surface area contributed by atoms with Crippen molar-refractivity contribution in [2.24, 2.45) is 0 Å². The molecule has 0 radical (unpaired) electrons. The fourth-order valence-corrected chi connectivity index (χ4v) is 6.11. The van der Waals surface area contributed by atoms with E-state index in [2.05, 4.69) is 115 Å². The summed E-state index contributed by atoms with van der Waals surface area (Å²) in [6, 6.07) is 39.0. The second-order valence-corrected chi connectivity index (χ2v) is 9.78. The maximum Gasteiger partial charge on any atom is 0.0449 e. The van der Waals surface area contributed by atoms with Crippen LogP contribution >= 0.6 is 0 Å². The van der Waals surface area contributed by atoms with E-state index in [9.17, 15) is 0 Å². The first-order chi connectivity index (χ1) is 16.3. The molecule has 1 aliphatic heterocycles. The van der Waals surface area contributed by atoms with Crippen LogP contribution in [0.2, 0.25) is 0 Å². The van der Waals surface area contributed by atoms with Crippen LogP contribution < -0.4 is 4.90 Å². The lowest BCUT2D eigenvalue weighted by molar-refractivity contribution is 0.641. The van der Waals surface area contributed by atoms with Crippen molar-refractivity contribution in [1.29, 1.82) is 0 Å². The lowest BCUT2D eigenvalue weighted by Gasteiger charge is -2.27. The fraction of sp³-hybridized carbons (Fsp3) is 0.250. The molecule has 4 aromatic rings. The van der Waals surface area contributed by atoms with E-state index in [4.69, 9.17) is 0 Å². The van der Waals surface area contributed by atoms with Gasteiger partial charge in [0.25, 0.3) is 0 Å². The first-order valence-electron chi connectivity index (χ1n) is 12.4. The van der Waals surface area contributed by atoms with Crippen molar-refractivity contribution in [1.82, 2.24) is 0 Å². The summed E-state index contributed by atoms with van der Waals surface area (Å²) in [5.74, 6) is 1.03. The number of hydrogen-bond donors (Lipinski definition) is 0. The molecule has 2 unspecified atom stereocenters. The minimum Gasteiger partial charge on any atom is -0.338 e. The Morgan fingerprint density at radius 2 is 1.42 bits per heavy atom. The molecule has 0 amide bonds. The zero-order valence-corrected chi connectivity index (χ0v) is 19.3. The maximum atomic E-state index is 2.63. The molecule has 1 fully saturated rings. The van der Waals surface area contributed by atoms with Crippen LogP contribution in [0, 0.1) is 6.92 Å². The SMILES string of the molecule is Cc1ccc(N2c3ccc(CC(c4ccccc4)c4ccccc4)cc3C3CCCC32)cc1. The van der Waals surface area contributed by atoms with E-state index in [1.807, 2.05) is 0 Å². The molecule has 2 atom stereocenters. The average Bonchev–Trinajstić information content (AvgIpc) is 3.45. The Morgan fingerprint density at radius 3 is 2.09 bits per heavy atom. The van der Waals surface area contributed by atoms with Gasteiger partial charge in [-0.3, -0.25) is 0 Å². The quantitative estimate of drug-likeness (QED) is 0.309. The van der Waals surface area contributed by atoms with E-state index in [1.54, 1.807) is 5.56 Å². The highest BCUT2D eigenvalue weighted by Gasteiger charge is 2.42. The maximum absolute atomic E-state index is 2.63. The number of fused-ring (bicyclic) bond motifs is 3. The molecule has 4 aromatic carbocycles. The molecule has 0 bridgehead atoms. The van der Waals surface area contributed by atoms with Crippen molar-refractivity contribution in [3.63, 3.8) is 0 Å². The van der Waals surface area contributed by atoms with Crippen molar-refractivity contribution in [3.8, 4) is 0 Å². The molecule has 6 rings (SSSR count). The summed E-state index contributed by atoms with van der Waals surface area (Å²) in [5.41, 5.74) is 9.89. The van der Waals surface area contributed by atoms with Gasteiger partial charge in [-0.2, -0.15) is 0 Å².